The molecule has 0 aliphatic carbocycles. The molecule has 1 unspecified atom stereocenters. The molecule has 1 fully saturated rings. The highest BCUT2D eigenvalue weighted by Crippen LogP contribution is 2.25. The van der Waals surface area contributed by atoms with E-state index < -0.39 is 11.9 Å². The van der Waals surface area contributed by atoms with Crippen LogP contribution >= 0.6 is 0 Å². The average Bonchev–Trinajstić information content (AvgIpc) is 3.15. The molecule has 2 aromatic rings. The van der Waals surface area contributed by atoms with E-state index in [1.165, 1.54) is 17.2 Å². The van der Waals surface area contributed by atoms with Crippen molar-refractivity contribution >= 4 is 11.8 Å². The Balaban J connectivity index is 1.93. The Morgan fingerprint density at radius 3 is 2.86 bits per heavy atom. The standard InChI is InChI=1S/C15H15FN4O2/c1-20(12-6-7-17-14(12)21)15(22)10-8-18-19-13(10)9-4-2-3-5-11(9)16/h2-5,8,12H,6-7H2,1H3,(H,17,21)(H,18,19). The van der Waals surface area contributed by atoms with Gasteiger partial charge in [0.15, 0.2) is 0 Å². The molecule has 3 rings (SSSR count). The van der Waals surface area contributed by atoms with Crippen molar-refractivity contribution in [3.63, 3.8) is 0 Å². The van der Waals surface area contributed by atoms with Gasteiger partial charge in [-0.25, -0.2) is 4.39 Å². The maximum Gasteiger partial charge on any atom is 0.258 e. The van der Waals surface area contributed by atoms with E-state index in [1.54, 1.807) is 25.2 Å². The van der Waals surface area contributed by atoms with Gasteiger partial charge < -0.3 is 10.2 Å². The molecule has 2 amide bonds. The quantitative estimate of drug-likeness (QED) is 0.893. The van der Waals surface area contributed by atoms with Crippen LogP contribution in [0.25, 0.3) is 11.3 Å². The van der Waals surface area contributed by atoms with Crippen molar-refractivity contribution < 1.29 is 14.0 Å². The monoisotopic (exact) mass is 302 g/mol. The van der Waals surface area contributed by atoms with Crippen molar-refractivity contribution in [2.45, 2.75) is 12.5 Å². The van der Waals surface area contributed by atoms with E-state index in [1.807, 2.05) is 0 Å². The summed E-state index contributed by atoms with van der Waals surface area (Å²) in [7, 11) is 1.57. The number of benzene rings is 1. The normalized spacial score (nSPS) is 17.4. The van der Waals surface area contributed by atoms with Crippen molar-refractivity contribution in [1.82, 2.24) is 20.4 Å². The highest BCUT2D eigenvalue weighted by atomic mass is 19.1. The number of H-pyrrole nitrogens is 1. The van der Waals surface area contributed by atoms with Crippen LogP contribution in [0.4, 0.5) is 4.39 Å². The van der Waals surface area contributed by atoms with E-state index in [0.29, 0.717) is 18.7 Å². The SMILES string of the molecule is CN(C(=O)c1cn[nH]c1-c1ccccc1F)C1CCNC1=O. The number of aromatic amines is 1. The second-order valence-electron chi connectivity index (χ2n) is 5.15. The van der Waals surface area contributed by atoms with Gasteiger partial charge in [-0.15, -0.1) is 0 Å². The second-order valence-corrected chi connectivity index (χ2v) is 5.15. The number of likely N-dealkylation sites (N-methyl/N-ethyl adjacent to an activating group) is 1. The molecule has 0 radical (unpaired) electrons. The van der Waals surface area contributed by atoms with Crippen LogP contribution in [0.3, 0.4) is 0 Å². The van der Waals surface area contributed by atoms with Gasteiger partial charge in [0.1, 0.15) is 11.9 Å². The predicted octanol–water partition coefficient (Wildman–Crippen LogP) is 1.18. The summed E-state index contributed by atoms with van der Waals surface area (Å²) >= 11 is 0. The van der Waals surface area contributed by atoms with Gasteiger partial charge in [-0.2, -0.15) is 5.10 Å². The molecular formula is C15H15FN4O2. The Hall–Kier alpha value is -2.70. The minimum absolute atomic E-state index is 0.174. The lowest BCUT2D eigenvalue weighted by atomic mass is 10.1. The van der Waals surface area contributed by atoms with Crippen LogP contribution in [0.5, 0.6) is 0 Å². The van der Waals surface area contributed by atoms with Gasteiger partial charge in [0.2, 0.25) is 5.91 Å². The molecule has 0 bridgehead atoms. The van der Waals surface area contributed by atoms with Crippen LogP contribution in [-0.2, 0) is 4.79 Å². The molecule has 2 N–H and O–H groups in total. The van der Waals surface area contributed by atoms with Gasteiger partial charge in [0.25, 0.3) is 5.91 Å². The summed E-state index contributed by atoms with van der Waals surface area (Å²) in [4.78, 5) is 25.7. The van der Waals surface area contributed by atoms with Crippen molar-refractivity contribution in [1.29, 1.82) is 0 Å². The van der Waals surface area contributed by atoms with Gasteiger partial charge in [-0.3, -0.25) is 14.7 Å². The fourth-order valence-electron chi connectivity index (χ4n) is 2.60. The van der Waals surface area contributed by atoms with Crippen LogP contribution in [-0.4, -0.2) is 46.5 Å². The minimum atomic E-state index is -0.504. The van der Waals surface area contributed by atoms with Gasteiger partial charge in [0.05, 0.1) is 17.5 Å². The molecule has 2 heterocycles. The third kappa shape index (κ3) is 2.34. The number of amides is 2. The number of hydrogen-bond donors (Lipinski definition) is 2. The highest BCUT2D eigenvalue weighted by molar-refractivity contribution is 6.02. The number of rotatable bonds is 3. The summed E-state index contributed by atoms with van der Waals surface area (Å²) in [6.07, 6.45) is 1.92. The fourth-order valence-corrected chi connectivity index (χ4v) is 2.60. The Bertz CT molecular complexity index is 728. The van der Waals surface area contributed by atoms with E-state index in [0.717, 1.165) is 0 Å². The molecule has 0 spiro atoms. The minimum Gasteiger partial charge on any atom is -0.354 e. The van der Waals surface area contributed by atoms with Crippen LogP contribution in [0.15, 0.2) is 30.5 Å². The average molecular weight is 302 g/mol. The zero-order valence-corrected chi connectivity index (χ0v) is 12.0. The molecule has 6 nitrogen and oxygen atoms in total. The van der Waals surface area contributed by atoms with Gasteiger partial charge in [-0.05, 0) is 18.6 Å². The zero-order valence-electron chi connectivity index (χ0n) is 12.0. The molecular weight excluding hydrogens is 287 g/mol. The van der Waals surface area contributed by atoms with Crippen molar-refractivity contribution in [2.24, 2.45) is 0 Å². The van der Waals surface area contributed by atoms with Gasteiger partial charge >= 0.3 is 0 Å². The number of aromatic nitrogens is 2. The molecule has 1 saturated heterocycles. The number of nitrogens with one attached hydrogen (secondary N) is 2. The van der Waals surface area contributed by atoms with E-state index in [9.17, 15) is 14.0 Å². The maximum absolute atomic E-state index is 13.9. The summed E-state index contributed by atoms with van der Waals surface area (Å²) < 4.78 is 13.9. The Kier molecular flexibility index (Phi) is 3.62. The predicted molar refractivity (Wildman–Crippen MR) is 77.5 cm³/mol. The smallest absolute Gasteiger partial charge is 0.258 e. The van der Waals surface area contributed by atoms with Crippen LogP contribution in [0.1, 0.15) is 16.8 Å². The third-order valence-corrected chi connectivity index (χ3v) is 3.82. The molecule has 1 aromatic heterocycles. The Labute approximate surface area is 126 Å². The van der Waals surface area contributed by atoms with E-state index in [2.05, 4.69) is 15.5 Å². The topological polar surface area (TPSA) is 78.1 Å². The molecule has 22 heavy (non-hydrogen) atoms. The summed E-state index contributed by atoms with van der Waals surface area (Å²) in [5.41, 5.74) is 0.827. The first kappa shape index (κ1) is 14.2. The molecule has 1 aromatic carbocycles. The van der Waals surface area contributed by atoms with Crippen LogP contribution in [0.2, 0.25) is 0 Å². The zero-order chi connectivity index (χ0) is 15.7. The Morgan fingerprint density at radius 2 is 2.18 bits per heavy atom. The summed E-state index contributed by atoms with van der Waals surface area (Å²) in [6.45, 7) is 0.548. The molecule has 114 valence electrons. The number of carbonyl (C=O) groups excluding carboxylic acids is 2. The van der Waals surface area contributed by atoms with Crippen molar-refractivity contribution in [3.8, 4) is 11.3 Å². The molecule has 1 atom stereocenters. The second kappa shape index (κ2) is 5.59. The summed E-state index contributed by atoms with van der Waals surface area (Å²) in [6, 6.07) is 5.64. The van der Waals surface area contributed by atoms with E-state index in [4.69, 9.17) is 0 Å². The van der Waals surface area contributed by atoms with Gasteiger partial charge in [-0.1, -0.05) is 12.1 Å². The van der Waals surface area contributed by atoms with Crippen molar-refractivity contribution in [2.75, 3.05) is 13.6 Å². The number of halogens is 1. The van der Waals surface area contributed by atoms with Crippen LogP contribution in [0, 0.1) is 5.82 Å². The largest absolute Gasteiger partial charge is 0.354 e. The first-order valence-electron chi connectivity index (χ1n) is 6.92. The maximum atomic E-state index is 13.9. The van der Waals surface area contributed by atoms with Crippen LogP contribution < -0.4 is 5.32 Å². The molecule has 0 saturated carbocycles. The van der Waals surface area contributed by atoms with E-state index >= 15 is 0 Å². The fraction of sp³-hybridized carbons (Fsp3) is 0.267. The summed E-state index contributed by atoms with van der Waals surface area (Å²) in [5.74, 6) is -0.983. The first-order chi connectivity index (χ1) is 10.6. The number of hydrogen-bond acceptors (Lipinski definition) is 3. The number of carbonyl (C=O) groups is 2. The number of nitrogens with zero attached hydrogens (tertiary/aromatic N) is 2. The van der Waals surface area contributed by atoms with Crippen molar-refractivity contribution in [3.05, 3.63) is 41.8 Å². The first-order valence-corrected chi connectivity index (χ1v) is 6.92. The lowest BCUT2D eigenvalue weighted by molar-refractivity contribution is -0.122. The molecule has 1 aliphatic heterocycles. The lowest BCUT2D eigenvalue weighted by Crippen LogP contribution is -2.41. The van der Waals surface area contributed by atoms with E-state index in [-0.39, 0.29) is 22.9 Å². The van der Waals surface area contributed by atoms with Gasteiger partial charge in [0, 0.05) is 19.2 Å². The lowest BCUT2D eigenvalue weighted by Gasteiger charge is -2.22. The highest BCUT2D eigenvalue weighted by Gasteiger charge is 2.32. The molecule has 7 heteroatoms. The third-order valence-electron chi connectivity index (χ3n) is 3.82. The Morgan fingerprint density at radius 1 is 1.41 bits per heavy atom. The molecule has 1 aliphatic rings. The summed E-state index contributed by atoms with van der Waals surface area (Å²) in [5, 5.41) is 9.20.